The summed E-state index contributed by atoms with van der Waals surface area (Å²) in [6.07, 6.45) is 3.18. The third kappa shape index (κ3) is 9.64. The average Bonchev–Trinajstić information content (AvgIpc) is 4.00. The summed E-state index contributed by atoms with van der Waals surface area (Å²) in [6, 6.07) is 12.4. The maximum atomic E-state index is 14.7. The highest BCUT2D eigenvalue weighted by Gasteiger charge is 2.60. The number of ketones is 1. The Morgan fingerprint density at radius 2 is 1.85 bits per heavy atom. The normalized spacial score (nSPS) is 30.4. The number of nitrogens with zero attached hydrogens (tertiary/aromatic N) is 7. The highest BCUT2D eigenvalue weighted by molar-refractivity contribution is 9.10. The van der Waals surface area contributed by atoms with E-state index in [9.17, 15) is 34.2 Å². The summed E-state index contributed by atoms with van der Waals surface area (Å²) in [5, 5.41) is 42.5. The number of alkyl halides is 1. The van der Waals surface area contributed by atoms with Crippen molar-refractivity contribution in [2.75, 3.05) is 37.5 Å². The summed E-state index contributed by atoms with van der Waals surface area (Å²) in [6.45, 7) is 1.10. The lowest BCUT2D eigenvalue weighted by molar-refractivity contribution is -0.234. The molecule has 350 valence electrons. The minimum Gasteiger partial charge on any atom is -0.481 e. The number of Topliss-reactive ketones (excluding diaryl/α,β-unsaturated/α-hetero) is 1. The fraction of sp³-hybridized carbons (Fsp3) is 0.565. The highest BCUT2D eigenvalue weighted by Crippen LogP contribution is 2.44. The van der Waals surface area contributed by atoms with Gasteiger partial charge in [-0.2, -0.15) is 15.3 Å². The molecule has 5 aliphatic rings. The van der Waals surface area contributed by atoms with Crippen molar-refractivity contribution in [3.8, 4) is 11.9 Å². The fourth-order valence-electron chi connectivity index (χ4n) is 10.4. The Kier molecular flexibility index (Phi) is 13.4. The molecule has 5 fully saturated rings. The van der Waals surface area contributed by atoms with Crippen molar-refractivity contribution in [1.82, 2.24) is 29.6 Å². The van der Waals surface area contributed by atoms with Gasteiger partial charge in [0.15, 0.2) is 12.1 Å². The lowest BCUT2D eigenvalue weighted by Gasteiger charge is -2.43. The SMILES string of the molecule is COc1cc(C#N)nc(N[C@H]2[C@@H]3OC[C@](COC4CCC(CC5CC(Cc6ccc7c(c6)c(C(C)=O)nn7CC(=O)N6C[C@H](F)C[C@H]6C(=O)Nc6cccc(Br)n6)C5)CC4)(O3)[C@H](O)[C@@H]2O)n1. The molecule has 18 nitrogen and oxygen atoms in total. The molecule has 20 heteroatoms. The van der Waals surface area contributed by atoms with Crippen molar-refractivity contribution in [2.24, 2.45) is 17.8 Å². The number of fused-ring (bicyclic) bond motifs is 3. The number of carbonyl (C=O) groups excluding carboxylic acids is 3. The Bertz CT molecular complexity index is 2510. The molecule has 1 aromatic carbocycles. The molecule has 6 heterocycles. The monoisotopic (exact) mass is 973 g/mol. The van der Waals surface area contributed by atoms with Gasteiger partial charge in [-0.25, -0.2) is 14.4 Å². The second-order valence-corrected chi connectivity index (χ2v) is 19.3. The zero-order valence-corrected chi connectivity index (χ0v) is 38.2. The van der Waals surface area contributed by atoms with E-state index in [1.807, 2.05) is 24.3 Å². The van der Waals surface area contributed by atoms with Crippen LogP contribution < -0.4 is 15.4 Å². The Labute approximate surface area is 388 Å². The van der Waals surface area contributed by atoms with Gasteiger partial charge < -0.3 is 44.7 Å². The average molecular weight is 975 g/mol. The third-order valence-electron chi connectivity index (χ3n) is 13.8. The number of carbonyl (C=O) groups is 3. The smallest absolute Gasteiger partial charge is 0.248 e. The van der Waals surface area contributed by atoms with E-state index in [0.717, 1.165) is 56.9 Å². The summed E-state index contributed by atoms with van der Waals surface area (Å²) in [5.41, 5.74) is 0.843. The van der Waals surface area contributed by atoms with Gasteiger partial charge in [0.05, 0.1) is 38.5 Å². The first-order chi connectivity index (χ1) is 31.8. The van der Waals surface area contributed by atoms with Crippen molar-refractivity contribution < 1.29 is 47.9 Å². The van der Waals surface area contributed by atoms with E-state index in [4.69, 9.17) is 18.9 Å². The molecule has 0 unspecified atom stereocenters. The van der Waals surface area contributed by atoms with Crippen LogP contribution in [0.5, 0.6) is 5.88 Å². The van der Waals surface area contributed by atoms with Gasteiger partial charge in [-0.3, -0.25) is 19.1 Å². The molecule has 4 N–H and O–H groups in total. The van der Waals surface area contributed by atoms with Gasteiger partial charge >= 0.3 is 0 Å². The molecule has 4 aromatic rings. The first-order valence-corrected chi connectivity index (χ1v) is 23.3. The van der Waals surface area contributed by atoms with E-state index in [1.165, 1.54) is 29.7 Å². The summed E-state index contributed by atoms with van der Waals surface area (Å²) in [7, 11) is 1.42. The van der Waals surface area contributed by atoms with E-state index < -0.39 is 54.2 Å². The molecule has 66 heavy (non-hydrogen) atoms. The molecule has 2 aliphatic carbocycles. The minimum absolute atomic E-state index is 0.00586. The van der Waals surface area contributed by atoms with E-state index in [2.05, 4.69) is 46.6 Å². The molecule has 9 rings (SSSR count). The number of anilines is 2. The lowest BCUT2D eigenvalue weighted by Crippen LogP contribution is -2.64. The van der Waals surface area contributed by atoms with Crippen LogP contribution in [-0.4, -0.2) is 133 Å². The molecule has 3 aromatic heterocycles. The predicted molar refractivity (Wildman–Crippen MR) is 238 cm³/mol. The molecule has 0 spiro atoms. The summed E-state index contributed by atoms with van der Waals surface area (Å²) >= 11 is 3.27. The molecule has 2 bridgehead atoms. The number of aliphatic hydroxyl groups excluding tert-OH is 2. The summed E-state index contributed by atoms with van der Waals surface area (Å²) in [5.74, 6) is 1.03. The zero-order chi connectivity index (χ0) is 46.3. The number of methoxy groups -OCH3 is 1. The van der Waals surface area contributed by atoms with Gasteiger partial charge in [0.2, 0.25) is 23.6 Å². The lowest BCUT2D eigenvalue weighted by atomic mass is 9.67. The number of amides is 2. The van der Waals surface area contributed by atoms with E-state index in [1.54, 1.807) is 18.2 Å². The van der Waals surface area contributed by atoms with Crippen LogP contribution in [0, 0.1) is 29.1 Å². The number of ether oxygens (including phenoxy) is 4. The fourth-order valence-corrected chi connectivity index (χ4v) is 10.8. The number of nitriles is 1. The van der Waals surface area contributed by atoms with Gasteiger partial charge in [0, 0.05) is 24.8 Å². The molecule has 3 saturated heterocycles. The van der Waals surface area contributed by atoms with Crippen LogP contribution in [0.2, 0.25) is 0 Å². The number of pyridine rings is 1. The molecule has 2 saturated carbocycles. The largest absolute Gasteiger partial charge is 0.481 e. The molecular formula is C46H53BrFN9O9. The number of halogens is 2. The summed E-state index contributed by atoms with van der Waals surface area (Å²) in [4.78, 5) is 53.3. The standard InChI is InChI=1S/C46H53BrFN9O9/c1-24(58)39-32-16-26(8-11-33(32)57(55-39)21-38(59)56-20-29(48)17-34(56)43(62)52-36-5-3-4-35(47)51-36)13-28-14-27(15-28)12-25-6-9-31(10-7-25)64-22-46-23-65-44(66-46)40(41(60)42(46)61)54-45-50-30(19-49)18-37(53-45)63-2/h3-5,8,11,16,18,25,27-29,31,34,40-42,44,60-61H,6-7,9-10,12-15,17,20-23H2,1-2H3,(H,50,53,54)(H,51,52,62)/t25?,27?,28?,29-,31?,34+,40-,41-,42-,44-,46+/m1/s1. The van der Waals surface area contributed by atoms with Gasteiger partial charge in [-0.15, -0.1) is 0 Å². The maximum absolute atomic E-state index is 14.7. The Hall–Kier alpha value is -5.17. The van der Waals surface area contributed by atoms with Crippen LogP contribution >= 0.6 is 15.9 Å². The van der Waals surface area contributed by atoms with Crippen LogP contribution in [-0.2, 0) is 36.8 Å². The molecular weight excluding hydrogens is 921 g/mol. The van der Waals surface area contributed by atoms with Crippen molar-refractivity contribution in [2.45, 2.75) is 120 Å². The molecule has 7 atom stereocenters. The molecule has 0 radical (unpaired) electrons. The molecule has 2 amide bonds. The Morgan fingerprint density at radius 1 is 1.05 bits per heavy atom. The molecule has 3 aliphatic heterocycles. The number of hydrogen-bond donors (Lipinski definition) is 4. The van der Waals surface area contributed by atoms with Crippen LogP contribution in [0.3, 0.4) is 0 Å². The quantitative estimate of drug-likeness (QED) is 0.0948. The number of aromatic nitrogens is 5. The number of nitrogens with one attached hydrogen (secondary N) is 2. The number of benzene rings is 1. The number of rotatable bonds is 15. The van der Waals surface area contributed by atoms with Crippen molar-refractivity contribution in [1.29, 1.82) is 5.26 Å². The number of hydrogen-bond acceptors (Lipinski definition) is 15. The van der Waals surface area contributed by atoms with Crippen LogP contribution in [0.15, 0.2) is 47.1 Å². The van der Waals surface area contributed by atoms with Crippen LogP contribution in [0.1, 0.15) is 80.0 Å². The third-order valence-corrected chi connectivity index (χ3v) is 14.3. The van der Waals surface area contributed by atoms with E-state index in [0.29, 0.717) is 33.3 Å². The Morgan fingerprint density at radius 3 is 2.59 bits per heavy atom. The van der Waals surface area contributed by atoms with Crippen molar-refractivity contribution >= 4 is 56.2 Å². The minimum atomic E-state index is -1.36. The van der Waals surface area contributed by atoms with Crippen molar-refractivity contribution in [3.63, 3.8) is 0 Å². The van der Waals surface area contributed by atoms with Gasteiger partial charge in [0.25, 0.3) is 0 Å². The second kappa shape index (κ2) is 19.2. The predicted octanol–water partition coefficient (Wildman–Crippen LogP) is 4.51. The summed E-state index contributed by atoms with van der Waals surface area (Å²) < 4.78 is 40.2. The highest BCUT2D eigenvalue weighted by atomic mass is 79.9. The second-order valence-electron chi connectivity index (χ2n) is 18.4. The van der Waals surface area contributed by atoms with Crippen molar-refractivity contribution in [3.05, 3.63) is 64.0 Å². The van der Waals surface area contributed by atoms with Gasteiger partial charge in [-0.1, -0.05) is 12.1 Å². The van der Waals surface area contributed by atoms with Crippen LogP contribution in [0.4, 0.5) is 16.2 Å². The van der Waals surface area contributed by atoms with Gasteiger partial charge in [-0.05, 0) is 115 Å². The van der Waals surface area contributed by atoms with Gasteiger partial charge in [0.1, 0.15) is 70.5 Å². The van der Waals surface area contributed by atoms with Crippen LogP contribution in [0.25, 0.3) is 10.9 Å². The maximum Gasteiger partial charge on any atom is 0.248 e. The first kappa shape index (κ1) is 46.0. The Balaban J connectivity index is 0.730. The number of likely N-dealkylation sites (tertiary alicyclic amines) is 1. The van der Waals surface area contributed by atoms with E-state index >= 15 is 0 Å². The van der Waals surface area contributed by atoms with E-state index in [-0.39, 0.29) is 73.6 Å². The zero-order valence-electron chi connectivity index (χ0n) is 36.6. The number of aliphatic hydroxyl groups is 2. The first-order valence-electron chi connectivity index (χ1n) is 22.5. The topological polar surface area (TPSA) is 236 Å².